The van der Waals surface area contributed by atoms with Gasteiger partial charge in [0.15, 0.2) is 0 Å². The highest BCUT2D eigenvalue weighted by molar-refractivity contribution is 7.13. The molecule has 0 fully saturated rings. The summed E-state index contributed by atoms with van der Waals surface area (Å²) in [5.74, 6) is -0.708. The predicted octanol–water partition coefficient (Wildman–Crippen LogP) is 4.96. The predicted molar refractivity (Wildman–Crippen MR) is 128 cm³/mol. The number of nitrogens with one attached hydrogen (secondary N) is 1. The maximum Gasteiger partial charge on any atom is 0.261 e. The van der Waals surface area contributed by atoms with Gasteiger partial charge in [0, 0.05) is 16.5 Å². The summed E-state index contributed by atoms with van der Waals surface area (Å²) in [4.78, 5) is 34.3. The van der Waals surface area contributed by atoms with E-state index in [4.69, 9.17) is 0 Å². The molecule has 1 N–H and O–H groups in total. The Kier molecular flexibility index (Phi) is 5.50. The van der Waals surface area contributed by atoms with Gasteiger partial charge < -0.3 is 5.32 Å². The Labute approximate surface area is 192 Å². The fraction of sp³-hybridized carbons (Fsp3) is 0.0400. The van der Waals surface area contributed by atoms with Crippen LogP contribution in [0.2, 0.25) is 0 Å². The van der Waals surface area contributed by atoms with Crippen molar-refractivity contribution in [3.63, 3.8) is 0 Å². The molecule has 0 aliphatic heterocycles. The van der Waals surface area contributed by atoms with Gasteiger partial charge in [0.1, 0.15) is 17.4 Å². The van der Waals surface area contributed by atoms with Gasteiger partial charge in [-0.05, 0) is 30.3 Å². The van der Waals surface area contributed by atoms with Gasteiger partial charge in [0.2, 0.25) is 5.91 Å². The molecule has 0 unspecified atom stereocenters. The summed E-state index contributed by atoms with van der Waals surface area (Å²) in [6.07, 6.45) is 1.37. The number of thiazole rings is 1. The van der Waals surface area contributed by atoms with Crippen molar-refractivity contribution in [3.8, 4) is 21.8 Å². The van der Waals surface area contributed by atoms with Crippen LogP contribution in [0, 0.1) is 5.82 Å². The molecule has 162 valence electrons. The molecule has 0 saturated heterocycles. The zero-order valence-electron chi connectivity index (χ0n) is 17.2. The van der Waals surface area contributed by atoms with Crippen molar-refractivity contribution in [2.45, 2.75) is 6.54 Å². The molecule has 0 saturated carbocycles. The average Bonchev–Trinajstić information content (AvgIpc) is 3.31. The molecule has 0 aliphatic carbocycles. The molecule has 5 rings (SSSR count). The minimum Gasteiger partial charge on any atom is -0.324 e. The van der Waals surface area contributed by atoms with E-state index in [-0.39, 0.29) is 23.8 Å². The van der Waals surface area contributed by atoms with E-state index in [0.29, 0.717) is 38.4 Å². The SMILES string of the molecule is O=C(Cn1cnc2ccccc2c1=O)Nc1ccccc1-c1csc(-c2ccccc2F)n1. The van der Waals surface area contributed by atoms with Crippen molar-refractivity contribution in [1.82, 2.24) is 14.5 Å². The highest BCUT2D eigenvalue weighted by Gasteiger charge is 2.15. The van der Waals surface area contributed by atoms with Crippen LogP contribution in [0.3, 0.4) is 0 Å². The van der Waals surface area contributed by atoms with E-state index < -0.39 is 0 Å². The first kappa shape index (κ1) is 20.7. The monoisotopic (exact) mass is 456 g/mol. The molecule has 0 atom stereocenters. The first-order valence-electron chi connectivity index (χ1n) is 10.1. The Morgan fingerprint density at radius 3 is 2.55 bits per heavy atom. The summed E-state index contributed by atoms with van der Waals surface area (Å²) < 4.78 is 15.4. The van der Waals surface area contributed by atoms with Crippen LogP contribution >= 0.6 is 11.3 Å². The number of halogens is 1. The number of hydrogen-bond donors (Lipinski definition) is 1. The van der Waals surface area contributed by atoms with Crippen LogP contribution in [-0.4, -0.2) is 20.4 Å². The second kappa shape index (κ2) is 8.76. The molecule has 8 heteroatoms. The van der Waals surface area contributed by atoms with Gasteiger partial charge in [0.25, 0.3) is 5.56 Å². The Balaban J connectivity index is 1.40. The largest absolute Gasteiger partial charge is 0.324 e. The zero-order valence-corrected chi connectivity index (χ0v) is 18.1. The molecule has 0 spiro atoms. The number of fused-ring (bicyclic) bond motifs is 1. The third kappa shape index (κ3) is 4.16. The van der Waals surface area contributed by atoms with Crippen LogP contribution < -0.4 is 10.9 Å². The van der Waals surface area contributed by atoms with Crippen LogP contribution in [0.4, 0.5) is 10.1 Å². The number of carbonyl (C=O) groups is 1. The Hall–Kier alpha value is -4.17. The Morgan fingerprint density at radius 1 is 0.970 bits per heavy atom. The maximum atomic E-state index is 14.2. The molecule has 1 amide bonds. The van der Waals surface area contributed by atoms with Crippen LogP contribution in [0.15, 0.2) is 89.3 Å². The number of carbonyl (C=O) groups excluding carboxylic acids is 1. The molecule has 2 heterocycles. The highest BCUT2D eigenvalue weighted by Crippen LogP contribution is 2.33. The molecule has 0 bridgehead atoms. The lowest BCUT2D eigenvalue weighted by molar-refractivity contribution is -0.116. The summed E-state index contributed by atoms with van der Waals surface area (Å²) in [7, 11) is 0. The molecule has 5 aromatic rings. The summed E-state index contributed by atoms with van der Waals surface area (Å²) in [5, 5.41) is 5.69. The smallest absolute Gasteiger partial charge is 0.261 e. The molecule has 0 aliphatic rings. The second-order valence-electron chi connectivity index (χ2n) is 7.31. The topological polar surface area (TPSA) is 76.9 Å². The lowest BCUT2D eigenvalue weighted by Gasteiger charge is -2.11. The minimum atomic E-state index is -0.369. The van der Waals surface area contributed by atoms with Crippen molar-refractivity contribution < 1.29 is 9.18 Å². The van der Waals surface area contributed by atoms with Gasteiger partial charge >= 0.3 is 0 Å². The lowest BCUT2D eigenvalue weighted by atomic mass is 10.1. The quantitative estimate of drug-likeness (QED) is 0.405. The fourth-order valence-electron chi connectivity index (χ4n) is 3.53. The third-order valence-corrected chi connectivity index (χ3v) is 6.01. The van der Waals surface area contributed by atoms with Crippen molar-refractivity contribution in [2.24, 2.45) is 0 Å². The van der Waals surface area contributed by atoms with Gasteiger partial charge in [-0.3, -0.25) is 14.2 Å². The number of amides is 1. The number of hydrogen-bond acceptors (Lipinski definition) is 5. The summed E-state index contributed by atoms with van der Waals surface area (Å²) in [5.41, 5.74) is 2.61. The molecule has 6 nitrogen and oxygen atoms in total. The number of anilines is 1. The Morgan fingerprint density at radius 2 is 1.70 bits per heavy atom. The first-order chi connectivity index (χ1) is 16.1. The normalized spacial score (nSPS) is 10.9. The van der Waals surface area contributed by atoms with E-state index >= 15 is 0 Å². The van der Waals surface area contributed by atoms with Crippen LogP contribution in [0.5, 0.6) is 0 Å². The molecule has 33 heavy (non-hydrogen) atoms. The van der Waals surface area contributed by atoms with Crippen LogP contribution in [0.25, 0.3) is 32.7 Å². The van der Waals surface area contributed by atoms with E-state index in [0.717, 1.165) is 0 Å². The molecule has 0 radical (unpaired) electrons. The number of benzene rings is 3. The first-order valence-corrected chi connectivity index (χ1v) is 11.0. The molecular weight excluding hydrogens is 439 g/mol. The number of nitrogens with zero attached hydrogens (tertiary/aromatic N) is 3. The van der Waals surface area contributed by atoms with Gasteiger partial charge in [-0.2, -0.15) is 0 Å². The maximum absolute atomic E-state index is 14.2. The van der Waals surface area contributed by atoms with E-state index in [1.165, 1.54) is 28.3 Å². The van der Waals surface area contributed by atoms with E-state index in [1.807, 2.05) is 17.5 Å². The highest BCUT2D eigenvalue weighted by atomic mass is 32.1. The number of para-hydroxylation sites is 2. The third-order valence-electron chi connectivity index (χ3n) is 5.13. The van der Waals surface area contributed by atoms with Crippen LogP contribution in [0.1, 0.15) is 0 Å². The van der Waals surface area contributed by atoms with Crippen molar-refractivity contribution >= 4 is 33.8 Å². The van der Waals surface area contributed by atoms with E-state index in [2.05, 4.69) is 15.3 Å². The van der Waals surface area contributed by atoms with Gasteiger partial charge in [0.05, 0.1) is 28.6 Å². The number of aromatic nitrogens is 3. The average molecular weight is 457 g/mol. The lowest BCUT2D eigenvalue weighted by Crippen LogP contribution is -2.28. The van der Waals surface area contributed by atoms with Crippen LogP contribution in [-0.2, 0) is 11.3 Å². The van der Waals surface area contributed by atoms with Crippen molar-refractivity contribution in [3.05, 3.63) is 101 Å². The molecule has 2 aromatic heterocycles. The number of rotatable bonds is 5. The van der Waals surface area contributed by atoms with Crippen molar-refractivity contribution in [1.29, 1.82) is 0 Å². The summed E-state index contributed by atoms with van der Waals surface area (Å²) in [6.45, 7) is -0.178. The summed E-state index contributed by atoms with van der Waals surface area (Å²) in [6, 6.07) is 20.7. The fourth-order valence-corrected chi connectivity index (χ4v) is 4.38. The second-order valence-corrected chi connectivity index (χ2v) is 8.16. The summed E-state index contributed by atoms with van der Waals surface area (Å²) >= 11 is 1.33. The molecular formula is C25H17FN4O2S. The van der Waals surface area contributed by atoms with E-state index in [1.54, 1.807) is 54.6 Å². The Bertz CT molecular complexity index is 1540. The van der Waals surface area contributed by atoms with E-state index in [9.17, 15) is 14.0 Å². The van der Waals surface area contributed by atoms with Gasteiger partial charge in [-0.15, -0.1) is 11.3 Å². The van der Waals surface area contributed by atoms with Gasteiger partial charge in [-0.25, -0.2) is 14.4 Å². The molecule has 3 aromatic carbocycles. The van der Waals surface area contributed by atoms with Crippen molar-refractivity contribution in [2.75, 3.05) is 5.32 Å². The zero-order chi connectivity index (χ0) is 22.8. The van der Waals surface area contributed by atoms with Gasteiger partial charge in [-0.1, -0.05) is 42.5 Å². The standard InChI is InChI=1S/C25H17FN4O2S/c26-19-10-4-1-7-16(19)24-29-22(14-33-24)17-8-2-6-12-21(17)28-23(31)13-30-15-27-20-11-5-3-9-18(20)25(30)32/h1-12,14-15H,13H2,(H,28,31). The minimum absolute atomic E-state index is 0.178.